The van der Waals surface area contributed by atoms with Gasteiger partial charge in [-0.1, -0.05) is 6.07 Å². The Balaban J connectivity index is 1.27. The van der Waals surface area contributed by atoms with Crippen LogP contribution in [0.4, 0.5) is 14.9 Å². The molecule has 2 N–H and O–H groups in total. The van der Waals surface area contributed by atoms with Crippen LogP contribution in [0.25, 0.3) is 0 Å². The van der Waals surface area contributed by atoms with E-state index in [0.29, 0.717) is 56.1 Å². The molecule has 2 unspecified atom stereocenters. The van der Waals surface area contributed by atoms with Crippen LogP contribution < -0.4 is 10.2 Å². The Morgan fingerprint density at radius 1 is 1.00 bits per heavy atom. The van der Waals surface area contributed by atoms with Gasteiger partial charge in [-0.3, -0.25) is 4.79 Å². The smallest absolute Gasteiger partial charge is 0.317 e. The molecule has 182 valence electrons. The molecule has 2 heterocycles. The van der Waals surface area contributed by atoms with Crippen LogP contribution in [0.15, 0.2) is 42.5 Å². The van der Waals surface area contributed by atoms with Gasteiger partial charge in [-0.25, -0.2) is 9.18 Å². The average molecular weight is 471 g/mol. The number of halogens is 1. The number of aromatic hydroxyl groups is 1. The van der Waals surface area contributed by atoms with Crippen molar-refractivity contribution in [3.05, 3.63) is 59.4 Å². The van der Waals surface area contributed by atoms with Crippen molar-refractivity contribution in [1.29, 1.82) is 0 Å². The highest BCUT2D eigenvalue weighted by Crippen LogP contribution is 2.24. The lowest BCUT2D eigenvalue weighted by molar-refractivity contribution is -0.00539. The topological polar surface area (TPSA) is 85.4 Å². The number of benzene rings is 2. The van der Waals surface area contributed by atoms with Gasteiger partial charge in [0.25, 0.3) is 5.91 Å². The minimum absolute atomic E-state index is 0.0407. The number of carbonyl (C=O) groups is 2. The van der Waals surface area contributed by atoms with Crippen molar-refractivity contribution >= 4 is 17.6 Å². The van der Waals surface area contributed by atoms with Gasteiger partial charge in [-0.2, -0.15) is 0 Å². The summed E-state index contributed by atoms with van der Waals surface area (Å²) in [6.45, 7) is 7.13. The van der Waals surface area contributed by atoms with Gasteiger partial charge in [0.1, 0.15) is 11.6 Å². The van der Waals surface area contributed by atoms with Gasteiger partial charge in [-0.05, 0) is 55.8 Å². The van der Waals surface area contributed by atoms with Crippen molar-refractivity contribution in [2.45, 2.75) is 32.6 Å². The fourth-order valence-corrected chi connectivity index (χ4v) is 4.48. The molecule has 2 aliphatic heterocycles. The fraction of sp³-hybridized carbons (Fsp3) is 0.440. The number of ether oxygens (including phenoxy) is 1. The molecule has 0 aliphatic carbocycles. The first-order chi connectivity index (χ1) is 16.3. The number of nitrogens with one attached hydrogen (secondary N) is 1. The quantitative estimate of drug-likeness (QED) is 0.718. The third-order valence-electron chi connectivity index (χ3n) is 6.18. The number of nitrogens with zero attached hydrogens (tertiary/aromatic N) is 3. The molecule has 0 bridgehead atoms. The Hall–Kier alpha value is -3.33. The monoisotopic (exact) mass is 470 g/mol. The Morgan fingerprint density at radius 3 is 2.24 bits per heavy atom. The van der Waals surface area contributed by atoms with Crippen LogP contribution in [0.3, 0.4) is 0 Å². The van der Waals surface area contributed by atoms with E-state index in [1.54, 1.807) is 28.0 Å². The number of rotatable bonds is 4. The molecular formula is C25H31FN4O4. The molecular weight excluding hydrogens is 439 g/mol. The molecule has 2 fully saturated rings. The number of anilines is 1. The Bertz CT molecular complexity index is 1010. The van der Waals surface area contributed by atoms with E-state index < -0.39 is 0 Å². The van der Waals surface area contributed by atoms with Crippen LogP contribution in [-0.2, 0) is 11.3 Å². The summed E-state index contributed by atoms with van der Waals surface area (Å²) >= 11 is 0. The molecule has 8 nitrogen and oxygen atoms in total. The maximum Gasteiger partial charge on any atom is 0.317 e. The van der Waals surface area contributed by atoms with E-state index in [9.17, 15) is 19.1 Å². The average Bonchev–Trinajstić information content (AvgIpc) is 2.82. The molecule has 2 aromatic rings. The van der Waals surface area contributed by atoms with Gasteiger partial charge in [0.05, 0.1) is 17.9 Å². The van der Waals surface area contributed by atoms with E-state index >= 15 is 0 Å². The number of hydrogen-bond acceptors (Lipinski definition) is 5. The second-order valence-corrected chi connectivity index (χ2v) is 8.93. The second-order valence-electron chi connectivity index (χ2n) is 8.93. The number of urea groups is 1. The number of amides is 3. The minimum Gasteiger partial charge on any atom is -0.508 e. The SMILES string of the molecule is CC1CN(c2ccc(CNC(=O)N3CCN(C(=O)c4ccc(O)cc4)CC3)cc2F)CC(C)O1. The van der Waals surface area contributed by atoms with E-state index in [-0.39, 0.29) is 42.3 Å². The number of morpholine rings is 1. The molecule has 4 rings (SSSR count). The normalized spacial score (nSPS) is 20.9. The largest absolute Gasteiger partial charge is 0.508 e. The number of carbonyl (C=O) groups excluding carboxylic acids is 2. The number of phenols is 1. The first-order valence-corrected chi connectivity index (χ1v) is 11.6. The van der Waals surface area contributed by atoms with Crippen molar-refractivity contribution in [1.82, 2.24) is 15.1 Å². The molecule has 2 aromatic carbocycles. The molecule has 9 heteroatoms. The number of piperazine rings is 1. The van der Waals surface area contributed by atoms with E-state index in [2.05, 4.69) is 5.32 Å². The summed E-state index contributed by atoms with van der Waals surface area (Å²) in [6.07, 6.45) is 0.0814. The van der Waals surface area contributed by atoms with Crippen molar-refractivity contribution in [2.75, 3.05) is 44.2 Å². The molecule has 3 amide bonds. The third-order valence-corrected chi connectivity index (χ3v) is 6.18. The summed E-state index contributed by atoms with van der Waals surface area (Å²) in [5.41, 5.74) is 1.73. The summed E-state index contributed by atoms with van der Waals surface area (Å²) in [5, 5.41) is 12.2. The first kappa shape index (κ1) is 23.8. The zero-order valence-electron chi connectivity index (χ0n) is 19.5. The van der Waals surface area contributed by atoms with Crippen LogP contribution in [0.1, 0.15) is 29.8 Å². The van der Waals surface area contributed by atoms with Gasteiger partial charge >= 0.3 is 6.03 Å². The second kappa shape index (κ2) is 10.3. The summed E-state index contributed by atoms with van der Waals surface area (Å²) in [7, 11) is 0. The van der Waals surface area contributed by atoms with Gasteiger partial charge in [0.2, 0.25) is 0 Å². The van der Waals surface area contributed by atoms with Crippen molar-refractivity contribution in [3.63, 3.8) is 0 Å². The van der Waals surface area contributed by atoms with Crippen molar-refractivity contribution < 1.29 is 23.8 Å². The predicted molar refractivity (Wildman–Crippen MR) is 126 cm³/mol. The zero-order chi connectivity index (χ0) is 24.2. The molecule has 0 radical (unpaired) electrons. The summed E-state index contributed by atoms with van der Waals surface area (Å²) in [5.74, 6) is -0.327. The van der Waals surface area contributed by atoms with E-state index in [4.69, 9.17) is 4.74 Å². The lowest BCUT2D eigenvalue weighted by Gasteiger charge is -2.37. The van der Waals surface area contributed by atoms with Crippen LogP contribution in [-0.4, -0.2) is 78.3 Å². The number of phenolic OH excluding ortho intramolecular Hbond substituents is 1. The third kappa shape index (κ3) is 5.59. The Kier molecular flexibility index (Phi) is 7.21. The molecule has 34 heavy (non-hydrogen) atoms. The van der Waals surface area contributed by atoms with Crippen LogP contribution in [0.2, 0.25) is 0 Å². The zero-order valence-corrected chi connectivity index (χ0v) is 19.5. The molecule has 0 spiro atoms. The molecule has 2 atom stereocenters. The first-order valence-electron chi connectivity index (χ1n) is 11.6. The van der Waals surface area contributed by atoms with Crippen molar-refractivity contribution in [3.8, 4) is 5.75 Å². The standard InChI is InChI=1S/C25H31FN4O4/c1-17-15-30(16-18(2)34-17)23-8-3-19(13-22(23)26)14-27-25(33)29-11-9-28(10-12-29)24(32)20-4-6-21(31)7-5-20/h3-8,13,17-18,31H,9-12,14-16H2,1-2H3,(H,27,33). The minimum atomic E-state index is -0.311. The Morgan fingerprint density at radius 2 is 1.62 bits per heavy atom. The maximum atomic E-state index is 14.8. The predicted octanol–water partition coefficient (Wildman–Crippen LogP) is 2.81. The highest BCUT2D eigenvalue weighted by Gasteiger charge is 2.26. The van der Waals surface area contributed by atoms with Gasteiger partial charge < -0.3 is 29.9 Å². The van der Waals surface area contributed by atoms with Crippen molar-refractivity contribution in [2.24, 2.45) is 0 Å². The highest BCUT2D eigenvalue weighted by molar-refractivity contribution is 5.94. The Labute approximate surface area is 198 Å². The van der Waals surface area contributed by atoms with Crippen LogP contribution in [0, 0.1) is 5.82 Å². The molecule has 0 aromatic heterocycles. The maximum absolute atomic E-state index is 14.8. The van der Waals surface area contributed by atoms with Crippen LogP contribution in [0.5, 0.6) is 5.75 Å². The highest BCUT2D eigenvalue weighted by atomic mass is 19.1. The summed E-state index contributed by atoms with van der Waals surface area (Å²) < 4.78 is 20.5. The fourth-order valence-electron chi connectivity index (χ4n) is 4.48. The van der Waals surface area contributed by atoms with Gasteiger partial charge in [0, 0.05) is 51.4 Å². The van der Waals surface area contributed by atoms with E-state index in [1.807, 2.05) is 24.8 Å². The lowest BCUT2D eigenvalue weighted by Crippen LogP contribution is -2.53. The molecule has 2 saturated heterocycles. The van der Waals surface area contributed by atoms with Gasteiger partial charge in [0.15, 0.2) is 0 Å². The van der Waals surface area contributed by atoms with E-state index in [1.165, 1.54) is 18.2 Å². The lowest BCUT2D eigenvalue weighted by atomic mass is 10.1. The number of hydrogen-bond donors (Lipinski definition) is 2. The summed E-state index contributed by atoms with van der Waals surface area (Å²) in [6, 6.07) is 10.9. The van der Waals surface area contributed by atoms with E-state index in [0.717, 1.165) is 0 Å². The summed E-state index contributed by atoms with van der Waals surface area (Å²) in [4.78, 5) is 30.5. The van der Waals surface area contributed by atoms with Crippen LogP contribution >= 0.6 is 0 Å². The van der Waals surface area contributed by atoms with Gasteiger partial charge in [-0.15, -0.1) is 0 Å². The molecule has 2 aliphatic rings. The molecule has 0 saturated carbocycles.